The Labute approximate surface area is 109 Å². The Kier molecular flexibility index (Phi) is 4.64. The van der Waals surface area contributed by atoms with Gasteiger partial charge in [0, 0.05) is 30.6 Å². The minimum absolute atomic E-state index is 0.390. The number of rotatable bonds is 7. The molecular weight excluding hydrogens is 261 g/mol. The Balaban J connectivity index is 1.70. The lowest BCUT2D eigenvalue weighted by molar-refractivity contribution is -0.124. The largest absolute Gasteiger partial charge is 0.401 e. The molecule has 0 unspecified atom stereocenters. The highest BCUT2D eigenvalue weighted by Gasteiger charge is 2.29. The maximum atomic E-state index is 12.0. The smallest absolute Gasteiger partial charge is 0.307 e. The van der Waals surface area contributed by atoms with Gasteiger partial charge < -0.3 is 5.32 Å². The van der Waals surface area contributed by atoms with Crippen LogP contribution in [0, 0.1) is 0 Å². The van der Waals surface area contributed by atoms with Crippen LogP contribution in [0.4, 0.5) is 13.2 Å². The molecule has 1 aliphatic rings. The van der Waals surface area contributed by atoms with Crippen LogP contribution in [-0.2, 0) is 6.54 Å². The molecule has 1 aliphatic carbocycles. The highest BCUT2D eigenvalue weighted by Crippen LogP contribution is 2.28. The fraction of sp³-hybridized carbons (Fsp3) is 0.667. The number of alkyl halides is 3. The fourth-order valence-corrected chi connectivity index (χ4v) is 2.62. The van der Waals surface area contributed by atoms with Crippen molar-refractivity contribution < 1.29 is 13.2 Å². The molecule has 0 amide bonds. The van der Waals surface area contributed by atoms with Crippen molar-refractivity contribution in [1.29, 1.82) is 0 Å². The summed E-state index contributed by atoms with van der Waals surface area (Å²) in [5.74, 6) is 0. The van der Waals surface area contributed by atoms with Crippen molar-refractivity contribution >= 4 is 11.3 Å². The summed E-state index contributed by atoms with van der Waals surface area (Å²) >= 11 is 1.70. The van der Waals surface area contributed by atoms with Crippen molar-refractivity contribution in [1.82, 2.24) is 10.2 Å². The van der Waals surface area contributed by atoms with Crippen molar-refractivity contribution in [2.45, 2.75) is 31.6 Å². The molecule has 0 saturated heterocycles. The topological polar surface area (TPSA) is 15.3 Å². The van der Waals surface area contributed by atoms with Gasteiger partial charge in [0.05, 0.1) is 6.54 Å². The van der Waals surface area contributed by atoms with E-state index in [2.05, 4.69) is 16.3 Å². The van der Waals surface area contributed by atoms with Crippen molar-refractivity contribution in [3.05, 3.63) is 22.4 Å². The van der Waals surface area contributed by atoms with Gasteiger partial charge in [-0.3, -0.25) is 4.90 Å². The summed E-state index contributed by atoms with van der Waals surface area (Å²) in [4.78, 5) is 3.55. The van der Waals surface area contributed by atoms with E-state index in [4.69, 9.17) is 0 Å². The Morgan fingerprint density at radius 3 is 2.72 bits per heavy atom. The second-order valence-corrected chi connectivity index (χ2v) is 5.61. The molecule has 0 bridgehead atoms. The van der Waals surface area contributed by atoms with Gasteiger partial charge in [-0.1, -0.05) is 6.07 Å². The van der Waals surface area contributed by atoms with Gasteiger partial charge in [-0.15, -0.1) is 11.3 Å². The van der Waals surface area contributed by atoms with E-state index in [0.29, 0.717) is 19.1 Å². The van der Waals surface area contributed by atoms with Crippen molar-refractivity contribution in [3.8, 4) is 0 Å². The van der Waals surface area contributed by atoms with Gasteiger partial charge in [0.1, 0.15) is 0 Å². The van der Waals surface area contributed by atoms with E-state index < -0.39 is 12.7 Å². The number of hydrogen-bond donors (Lipinski definition) is 1. The quantitative estimate of drug-likeness (QED) is 0.772. The van der Waals surface area contributed by atoms with E-state index in [1.807, 2.05) is 11.4 Å². The molecule has 0 aliphatic heterocycles. The maximum absolute atomic E-state index is 12.0. The molecule has 6 heteroatoms. The third-order valence-corrected chi connectivity index (χ3v) is 3.76. The SMILES string of the molecule is FC(F)(F)CNCCN(Cc1cccs1)C1CC1. The number of hydrogen-bond acceptors (Lipinski definition) is 3. The van der Waals surface area contributed by atoms with Crippen LogP contribution in [0.3, 0.4) is 0 Å². The maximum Gasteiger partial charge on any atom is 0.401 e. The highest BCUT2D eigenvalue weighted by atomic mass is 32.1. The molecule has 18 heavy (non-hydrogen) atoms. The summed E-state index contributed by atoms with van der Waals surface area (Å²) in [5.41, 5.74) is 0. The Bertz CT molecular complexity index is 347. The second-order valence-electron chi connectivity index (χ2n) is 4.57. The first-order chi connectivity index (χ1) is 8.54. The first-order valence-corrected chi connectivity index (χ1v) is 6.96. The van der Waals surface area contributed by atoms with Crippen molar-refractivity contribution in [2.75, 3.05) is 19.6 Å². The van der Waals surface area contributed by atoms with Crippen LogP contribution in [0.25, 0.3) is 0 Å². The minimum Gasteiger partial charge on any atom is -0.307 e. The first kappa shape index (κ1) is 13.8. The van der Waals surface area contributed by atoms with Crippen LogP contribution in [0.15, 0.2) is 17.5 Å². The van der Waals surface area contributed by atoms with E-state index >= 15 is 0 Å². The summed E-state index contributed by atoms with van der Waals surface area (Å²) in [5, 5.41) is 4.48. The third-order valence-electron chi connectivity index (χ3n) is 2.90. The number of nitrogens with zero attached hydrogens (tertiary/aromatic N) is 1. The van der Waals surface area contributed by atoms with Gasteiger partial charge in [-0.2, -0.15) is 13.2 Å². The molecule has 1 aromatic heterocycles. The lowest BCUT2D eigenvalue weighted by Crippen LogP contribution is -2.37. The summed E-state index contributed by atoms with van der Waals surface area (Å²) in [6.07, 6.45) is -1.77. The molecule has 102 valence electrons. The standard InChI is InChI=1S/C12H17F3N2S/c13-12(14,15)9-16-5-6-17(10-3-4-10)8-11-2-1-7-18-11/h1-2,7,10,16H,3-6,8-9H2. The molecule has 1 N–H and O–H groups in total. The molecule has 0 atom stereocenters. The van der Waals surface area contributed by atoms with Crippen LogP contribution >= 0.6 is 11.3 Å². The third kappa shape index (κ3) is 4.96. The molecule has 0 radical (unpaired) electrons. The predicted octanol–water partition coefficient (Wildman–Crippen LogP) is 2.86. The monoisotopic (exact) mass is 278 g/mol. The fourth-order valence-electron chi connectivity index (χ4n) is 1.89. The normalized spacial score (nSPS) is 16.4. The second kappa shape index (κ2) is 6.04. The zero-order chi connectivity index (χ0) is 13.0. The highest BCUT2D eigenvalue weighted by molar-refractivity contribution is 7.09. The molecule has 0 spiro atoms. The van der Waals surface area contributed by atoms with Gasteiger partial charge in [-0.25, -0.2) is 0 Å². The van der Waals surface area contributed by atoms with Gasteiger partial charge >= 0.3 is 6.18 Å². The van der Waals surface area contributed by atoms with Crippen LogP contribution < -0.4 is 5.32 Å². The van der Waals surface area contributed by atoms with E-state index in [1.165, 1.54) is 17.7 Å². The molecular formula is C12H17F3N2S. The Morgan fingerprint density at radius 2 is 2.17 bits per heavy atom. The van der Waals surface area contributed by atoms with Gasteiger partial charge in [0.2, 0.25) is 0 Å². The molecule has 1 heterocycles. The molecule has 1 saturated carbocycles. The molecule has 1 fully saturated rings. The number of halogens is 3. The van der Waals surface area contributed by atoms with Gasteiger partial charge in [-0.05, 0) is 24.3 Å². The Hall–Kier alpha value is -0.590. The van der Waals surface area contributed by atoms with Crippen LogP contribution in [0.5, 0.6) is 0 Å². The van der Waals surface area contributed by atoms with Crippen LogP contribution in [-0.4, -0.2) is 36.8 Å². The zero-order valence-corrected chi connectivity index (χ0v) is 10.9. The average molecular weight is 278 g/mol. The van der Waals surface area contributed by atoms with Crippen molar-refractivity contribution in [2.24, 2.45) is 0 Å². The first-order valence-electron chi connectivity index (χ1n) is 6.08. The Morgan fingerprint density at radius 1 is 1.39 bits per heavy atom. The summed E-state index contributed by atoms with van der Waals surface area (Å²) in [6, 6.07) is 4.65. The zero-order valence-electron chi connectivity index (χ0n) is 10.0. The predicted molar refractivity (Wildman–Crippen MR) is 66.7 cm³/mol. The van der Waals surface area contributed by atoms with E-state index in [-0.39, 0.29) is 0 Å². The molecule has 2 nitrogen and oxygen atoms in total. The van der Waals surface area contributed by atoms with Gasteiger partial charge in [0.25, 0.3) is 0 Å². The van der Waals surface area contributed by atoms with Crippen LogP contribution in [0.1, 0.15) is 17.7 Å². The van der Waals surface area contributed by atoms with E-state index in [1.54, 1.807) is 11.3 Å². The van der Waals surface area contributed by atoms with Gasteiger partial charge in [0.15, 0.2) is 0 Å². The summed E-state index contributed by atoms with van der Waals surface area (Å²) in [7, 11) is 0. The average Bonchev–Trinajstić information content (AvgIpc) is 3.00. The molecule has 1 aromatic rings. The lowest BCUT2D eigenvalue weighted by Gasteiger charge is -2.21. The molecule has 0 aromatic carbocycles. The number of thiophene rings is 1. The van der Waals surface area contributed by atoms with E-state index in [0.717, 1.165) is 6.54 Å². The lowest BCUT2D eigenvalue weighted by atomic mass is 10.4. The van der Waals surface area contributed by atoms with Crippen LogP contribution in [0.2, 0.25) is 0 Å². The van der Waals surface area contributed by atoms with E-state index in [9.17, 15) is 13.2 Å². The molecule has 2 rings (SSSR count). The number of nitrogens with one attached hydrogen (secondary N) is 1. The summed E-state index contributed by atoms with van der Waals surface area (Å²) in [6.45, 7) is 1.03. The van der Waals surface area contributed by atoms with Crippen molar-refractivity contribution in [3.63, 3.8) is 0 Å². The summed E-state index contributed by atoms with van der Waals surface area (Å²) < 4.78 is 35.9. The minimum atomic E-state index is -4.11.